The van der Waals surface area contributed by atoms with E-state index in [-0.39, 0.29) is 12.5 Å². The number of carbonyl (C=O) groups is 1. The van der Waals surface area contributed by atoms with Crippen LogP contribution in [0, 0.1) is 0 Å². The van der Waals surface area contributed by atoms with E-state index in [1.807, 2.05) is 17.0 Å². The van der Waals surface area contributed by atoms with Gasteiger partial charge in [-0.05, 0) is 53.5 Å². The molecular weight excluding hydrogens is 420 g/mol. The van der Waals surface area contributed by atoms with E-state index in [1.165, 1.54) is 16.7 Å². The summed E-state index contributed by atoms with van der Waals surface area (Å²) in [5.74, 6) is 1.80. The number of amides is 1. The number of carbonyl (C=O) groups excluding carboxylic acids is 1. The number of nitrogens with zero attached hydrogens (tertiary/aromatic N) is 2. The summed E-state index contributed by atoms with van der Waals surface area (Å²) >= 11 is 5.98. The molecule has 0 N–H and O–H groups in total. The number of hydrogen-bond donors (Lipinski definition) is 0. The van der Waals surface area contributed by atoms with Gasteiger partial charge in [-0.3, -0.25) is 9.69 Å². The van der Waals surface area contributed by atoms with Crippen molar-refractivity contribution in [2.24, 2.45) is 0 Å². The smallest absolute Gasteiger partial charge is 0.260 e. The highest BCUT2D eigenvalue weighted by atomic mass is 35.5. The van der Waals surface area contributed by atoms with Gasteiger partial charge in [-0.25, -0.2) is 0 Å². The van der Waals surface area contributed by atoms with Gasteiger partial charge >= 0.3 is 0 Å². The van der Waals surface area contributed by atoms with Crippen LogP contribution in [-0.4, -0.2) is 48.5 Å². The van der Waals surface area contributed by atoms with Crippen LogP contribution in [0.5, 0.6) is 5.75 Å². The zero-order valence-electron chi connectivity index (χ0n) is 19.9. The molecule has 0 bridgehead atoms. The number of rotatable bonds is 9. The highest BCUT2D eigenvalue weighted by Crippen LogP contribution is 2.37. The average molecular weight is 457 g/mol. The molecule has 1 aliphatic rings. The van der Waals surface area contributed by atoms with E-state index in [0.29, 0.717) is 11.8 Å². The first-order chi connectivity index (χ1) is 15.4. The minimum Gasteiger partial charge on any atom is -0.483 e. The molecule has 1 fully saturated rings. The Morgan fingerprint density at radius 1 is 0.938 bits per heavy atom. The van der Waals surface area contributed by atoms with Gasteiger partial charge in [-0.2, -0.15) is 0 Å². The maximum Gasteiger partial charge on any atom is 0.260 e. The van der Waals surface area contributed by atoms with Crippen molar-refractivity contribution in [1.29, 1.82) is 0 Å². The summed E-state index contributed by atoms with van der Waals surface area (Å²) < 4.78 is 6.25. The van der Waals surface area contributed by atoms with E-state index in [9.17, 15) is 4.79 Å². The molecule has 3 rings (SSSR count). The zero-order chi connectivity index (χ0) is 23.1. The Labute approximate surface area is 198 Å². The van der Waals surface area contributed by atoms with Crippen molar-refractivity contribution in [3.8, 4) is 5.75 Å². The van der Waals surface area contributed by atoms with Crippen LogP contribution in [0.25, 0.3) is 0 Å². The van der Waals surface area contributed by atoms with Crippen molar-refractivity contribution in [1.82, 2.24) is 9.80 Å². The molecule has 1 amide bonds. The molecule has 1 saturated heterocycles. The van der Waals surface area contributed by atoms with Gasteiger partial charge in [-0.1, -0.05) is 69.6 Å². The fourth-order valence-corrected chi connectivity index (χ4v) is 4.31. The maximum absolute atomic E-state index is 12.9. The van der Waals surface area contributed by atoms with Crippen LogP contribution < -0.4 is 4.74 Å². The second-order valence-electron chi connectivity index (χ2n) is 8.96. The Hall–Kier alpha value is -2.04. The lowest BCUT2D eigenvalue weighted by molar-refractivity contribution is -0.135. The van der Waals surface area contributed by atoms with Crippen molar-refractivity contribution >= 4 is 17.5 Å². The third-order valence-corrected chi connectivity index (χ3v) is 7.00. The summed E-state index contributed by atoms with van der Waals surface area (Å²) in [6.07, 6.45) is 2.09. The summed E-state index contributed by atoms with van der Waals surface area (Å²) in [7, 11) is 0. The van der Waals surface area contributed by atoms with Gasteiger partial charge in [0.25, 0.3) is 5.91 Å². The van der Waals surface area contributed by atoms with E-state index in [2.05, 4.69) is 62.9 Å². The van der Waals surface area contributed by atoms with Gasteiger partial charge in [0.2, 0.25) is 0 Å². The van der Waals surface area contributed by atoms with Crippen LogP contribution in [0.1, 0.15) is 69.1 Å². The molecule has 0 spiro atoms. The monoisotopic (exact) mass is 456 g/mol. The van der Waals surface area contributed by atoms with Gasteiger partial charge in [0.1, 0.15) is 5.75 Å². The van der Waals surface area contributed by atoms with Gasteiger partial charge in [0.15, 0.2) is 6.61 Å². The average Bonchev–Trinajstić information content (AvgIpc) is 2.83. The predicted molar refractivity (Wildman–Crippen MR) is 133 cm³/mol. The molecule has 1 aliphatic heterocycles. The van der Waals surface area contributed by atoms with Crippen molar-refractivity contribution in [3.63, 3.8) is 0 Å². The number of hydrogen-bond acceptors (Lipinski definition) is 3. The molecule has 4 nitrogen and oxygen atoms in total. The molecule has 2 atom stereocenters. The van der Waals surface area contributed by atoms with Crippen molar-refractivity contribution in [3.05, 3.63) is 64.2 Å². The van der Waals surface area contributed by atoms with E-state index in [1.54, 1.807) is 0 Å². The first-order valence-corrected chi connectivity index (χ1v) is 12.3. The van der Waals surface area contributed by atoms with E-state index < -0.39 is 0 Å². The summed E-state index contributed by atoms with van der Waals surface area (Å²) in [5, 5.41) is 0.760. The fourth-order valence-electron chi connectivity index (χ4n) is 4.18. The van der Waals surface area contributed by atoms with Gasteiger partial charge in [0, 0.05) is 37.7 Å². The SMILES string of the molecule is CCC(C)c1cccc(C(C)CC)c1OCC(=O)N1CCN(Cc2ccc(Cl)cc2)CC1. The molecule has 2 aromatic carbocycles. The quantitative estimate of drug-likeness (QED) is 0.457. The molecule has 174 valence electrons. The van der Waals surface area contributed by atoms with Gasteiger partial charge in [-0.15, -0.1) is 0 Å². The molecule has 0 saturated carbocycles. The zero-order valence-corrected chi connectivity index (χ0v) is 20.7. The maximum atomic E-state index is 12.9. The lowest BCUT2D eigenvalue weighted by atomic mass is 9.90. The fraction of sp³-hybridized carbons (Fsp3) is 0.519. The Bertz CT molecular complexity index is 847. The molecule has 32 heavy (non-hydrogen) atoms. The Kier molecular flexibility index (Phi) is 9.01. The summed E-state index contributed by atoms with van der Waals surface area (Å²) in [6, 6.07) is 14.4. The molecule has 0 aromatic heterocycles. The van der Waals surface area contributed by atoms with Gasteiger partial charge in [0.05, 0.1) is 0 Å². The lowest BCUT2D eigenvalue weighted by Gasteiger charge is -2.35. The minimum atomic E-state index is 0.0743. The number of piperazine rings is 1. The van der Waals surface area contributed by atoms with E-state index in [0.717, 1.165) is 56.3 Å². The van der Waals surface area contributed by atoms with Crippen LogP contribution in [0.4, 0.5) is 0 Å². The molecular formula is C27H37ClN2O2. The summed E-state index contributed by atoms with van der Waals surface area (Å²) in [5.41, 5.74) is 3.67. The standard InChI is InChI=1S/C27H37ClN2O2/c1-5-20(3)24-8-7-9-25(21(4)6-2)27(24)32-19-26(31)30-16-14-29(15-17-30)18-22-10-12-23(28)13-11-22/h7-13,20-21H,5-6,14-19H2,1-4H3. The molecule has 5 heteroatoms. The number of benzene rings is 2. The highest BCUT2D eigenvalue weighted by Gasteiger charge is 2.23. The number of halogens is 1. The Morgan fingerprint density at radius 2 is 1.50 bits per heavy atom. The third-order valence-electron chi connectivity index (χ3n) is 6.75. The van der Waals surface area contributed by atoms with Crippen LogP contribution in [0.15, 0.2) is 42.5 Å². The van der Waals surface area contributed by atoms with E-state index in [4.69, 9.17) is 16.3 Å². The summed E-state index contributed by atoms with van der Waals surface area (Å²) in [6.45, 7) is 13.0. The van der Waals surface area contributed by atoms with Crippen molar-refractivity contribution in [2.75, 3.05) is 32.8 Å². The predicted octanol–water partition coefficient (Wildman–Crippen LogP) is 6.09. The first kappa shape index (κ1) is 24.6. The minimum absolute atomic E-state index is 0.0743. The van der Waals surface area contributed by atoms with Gasteiger partial charge < -0.3 is 9.64 Å². The normalized spacial score (nSPS) is 16.6. The van der Waals surface area contributed by atoms with Crippen molar-refractivity contribution in [2.45, 2.75) is 58.9 Å². The molecule has 0 radical (unpaired) electrons. The number of ether oxygens (including phenoxy) is 1. The third kappa shape index (κ3) is 6.26. The molecule has 1 heterocycles. The molecule has 0 aliphatic carbocycles. The summed E-state index contributed by atoms with van der Waals surface area (Å²) in [4.78, 5) is 17.3. The largest absolute Gasteiger partial charge is 0.483 e. The lowest BCUT2D eigenvalue weighted by Crippen LogP contribution is -2.49. The van der Waals surface area contributed by atoms with Crippen LogP contribution >= 0.6 is 11.6 Å². The van der Waals surface area contributed by atoms with Crippen LogP contribution in [0.2, 0.25) is 5.02 Å². The first-order valence-electron chi connectivity index (χ1n) is 11.9. The number of para-hydroxylation sites is 1. The second kappa shape index (κ2) is 11.7. The van der Waals surface area contributed by atoms with Crippen molar-refractivity contribution < 1.29 is 9.53 Å². The Morgan fingerprint density at radius 3 is 2.03 bits per heavy atom. The van der Waals surface area contributed by atoms with E-state index >= 15 is 0 Å². The topological polar surface area (TPSA) is 32.8 Å². The Balaban J connectivity index is 1.58. The molecule has 2 unspecified atom stereocenters. The molecule has 2 aromatic rings. The highest BCUT2D eigenvalue weighted by molar-refractivity contribution is 6.30. The van der Waals surface area contributed by atoms with Crippen LogP contribution in [-0.2, 0) is 11.3 Å². The second-order valence-corrected chi connectivity index (χ2v) is 9.39. The van der Waals surface area contributed by atoms with Crippen LogP contribution in [0.3, 0.4) is 0 Å².